The predicted molar refractivity (Wildman–Crippen MR) is 89.9 cm³/mol. The Labute approximate surface area is 135 Å². The molecule has 1 unspecified atom stereocenters. The second kappa shape index (κ2) is 7.23. The summed E-state index contributed by atoms with van der Waals surface area (Å²) in [7, 11) is 0.203. The Bertz CT molecular complexity index is 594. The molecule has 0 aliphatic heterocycles. The van der Waals surface area contributed by atoms with Gasteiger partial charge in [0.1, 0.15) is 0 Å². The van der Waals surface area contributed by atoms with Crippen LogP contribution in [-0.2, 0) is 0 Å². The zero-order valence-electron chi connectivity index (χ0n) is 12.9. The minimum Gasteiger partial charge on any atom is -0.289 e. The van der Waals surface area contributed by atoms with Gasteiger partial charge >= 0.3 is 0 Å². The molecule has 0 aliphatic rings. The molecule has 0 amide bonds. The van der Waals surface area contributed by atoms with E-state index < -0.39 is 0 Å². The van der Waals surface area contributed by atoms with Crippen molar-refractivity contribution in [1.82, 2.24) is 0 Å². The maximum Gasteiger partial charge on any atom is 0.186 e. The van der Waals surface area contributed by atoms with Gasteiger partial charge in [0, 0.05) is 24.4 Å². The van der Waals surface area contributed by atoms with Gasteiger partial charge in [0.2, 0.25) is 0 Å². The molecule has 20 heavy (non-hydrogen) atoms. The van der Waals surface area contributed by atoms with Crippen LogP contribution in [0.25, 0.3) is 0 Å². The van der Waals surface area contributed by atoms with E-state index in [0.717, 1.165) is 22.0 Å². The molecular weight excluding hydrogens is 258 g/mol. The normalized spacial score (nSPS) is 10.6. The van der Waals surface area contributed by atoms with Gasteiger partial charge in [-0.3, -0.25) is 4.79 Å². The van der Waals surface area contributed by atoms with E-state index in [9.17, 15) is 4.79 Å². The third kappa shape index (κ3) is 4.06. The Hall–Kier alpha value is -0.863. The summed E-state index contributed by atoms with van der Waals surface area (Å²) in [4.78, 5) is 12.5. The first kappa shape index (κ1) is 17.2. The number of carbonyl (C=O) groups excluding carboxylic acids is 1. The van der Waals surface area contributed by atoms with Crippen LogP contribution in [0.15, 0.2) is 36.4 Å². The molecule has 0 heterocycles. The van der Waals surface area contributed by atoms with Crippen LogP contribution in [0.4, 0.5) is 0 Å². The average Bonchev–Trinajstić information content (AvgIpc) is 2.30. The maximum atomic E-state index is 12.5. The van der Waals surface area contributed by atoms with Crippen LogP contribution in [0.1, 0.15) is 32.6 Å². The van der Waals surface area contributed by atoms with Gasteiger partial charge in [0.05, 0.1) is 0 Å². The van der Waals surface area contributed by atoms with Crippen molar-refractivity contribution in [3.63, 3.8) is 0 Å². The number of benzene rings is 2. The number of aryl methyl sites for hydroxylation is 4. The molecule has 0 saturated carbocycles. The van der Waals surface area contributed by atoms with Gasteiger partial charge in [-0.15, -0.1) is 0 Å². The molecule has 0 spiro atoms. The van der Waals surface area contributed by atoms with Crippen LogP contribution in [-0.4, -0.2) is 24.4 Å². The summed E-state index contributed by atoms with van der Waals surface area (Å²) < 4.78 is 0. The Morgan fingerprint density at radius 2 is 1.35 bits per heavy atom. The Balaban J connectivity index is 0.00000200. The van der Waals surface area contributed by atoms with Gasteiger partial charge in [-0.25, -0.2) is 0 Å². The third-order valence-corrected chi connectivity index (χ3v) is 4.31. The van der Waals surface area contributed by atoms with Gasteiger partial charge in [-0.2, -0.15) is 0 Å². The van der Waals surface area contributed by atoms with Gasteiger partial charge in [0.25, 0.3) is 0 Å². The minimum absolute atomic E-state index is 0. The second-order valence-corrected chi connectivity index (χ2v) is 6.38. The van der Waals surface area contributed by atoms with E-state index in [2.05, 4.69) is 38.1 Å². The van der Waals surface area contributed by atoms with Crippen LogP contribution in [0, 0.1) is 27.7 Å². The van der Waals surface area contributed by atoms with E-state index in [1.807, 2.05) is 26.0 Å². The molecule has 1 nitrogen and oxygen atoms in total. The van der Waals surface area contributed by atoms with E-state index in [-0.39, 0.29) is 33.0 Å². The molecule has 0 saturated heterocycles. The van der Waals surface area contributed by atoms with E-state index in [1.165, 1.54) is 11.1 Å². The van der Waals surface area contributed by atoms with Crippen molar-refractivity contribution >= 4 is 38.3 Å². The fraction of sp³-hybridized carbons (Fsp3) is 0.235. The van der Waals surface area contributed by atoms with Gasteiger partial charge in [0.15, 0.2) is 5.52 Å². The molecule has 0 fully saturated rings. The predicted octanol–water partition coefficient (Wildman–Crippen LogP) is 3.68. The van der Waals surface area contributed by atoms with Crippen LogP contribution in [0.2, 0.25) is 0 Å². The van der Waals surface area contributed by atoms with Gasteiger partial charge in [-0.1, -0.05) is 47.5 Å². The molecule has 99 valence electrons. The van der Waals surface area contributed by atoms with Gasteiger partial charge < -0.3 is 0 Å². The van der Waals surface area contributed by atoms with Crippen molar-refractivity contribution in [2.45, 2.75) is 27.7 Å². The summed E-state index contributed by atoms with van der Waals surface area (Å²) in [6.45, 7) is 8.17. The number of hydrogen-bond donors (Lipinski definition) is 0. The first-order chi connectivity index (χ1) is 8.97. The van der Waals surface area contributed by atoms with Crippen molar-refractivity contribution in [3.05, 3.63) is 64.2 Å². The fourth-order valence-corrected chi connectivity index (χ4v) is 3.48. The fourth-order valence-electron chi connectivity index (χ4n) is 2.37. The van der Waals surface area contributed by atoms with E-state index in [4.69, 9.17) is 0 Å². The Kier molecular flexibility index (Phi) is 6.22. The smallest absolute Gasteiger partial charge is 0.186 e. The molecule has 0 bridgehead atoms. The molecule has 1 radical (unpaired) electrons. The molecule has 0 N–H and O–H groups in total. The molecular formula is C17H19LiOP. The summed E-state index contributed by atoms with van der Waals surface area (Å²) >= 11 is 0. The summed E-state index contributed by atoms with van der Waals surface area (Å²) in [5, 5.41) is 1.11. The molecule has 2 aromatic rings. The number of hydrogen-bond acceptors (Lipinski definition) is 1. The van der Waals surface area contributed by atoms with Crippen LogP contribution < -0.4 is 5.30 Å². The van der Waals surface area contributed by atoms with Gasteiger partial charge in [-0.05, 0) is 52.7 Å². The summed E-state index contributed by atoms with van der Waals surface area (Å²) in [6.07, 6.45) is 0. The first-order valence-corrected chi connectivity index (χ1v) is 7.43. The van der Waals surface area contributed by atoms with Crippen molar-refractivity contribution in [3.8, 4) is 0 Å². The zero-order valence-corrected chi connectivity index (χ0v) is 13.9. The quantitative estimate of drug-likeness (QED) is 0.618. The molecule has 2 rings (SSSR count). The summed E-state index contributed by atoms with van der Waals surface area (Å²) in [5.41, 5.74) is 5.74. The average molecular weight is 277 g/mol. The van der Waals surface area contributed by atoms with Crippen LogP contribution >= 0.6 is 8.58 Å². The Morgan fingerprint density at radius 1 is 0.850 bits per heavy atom. The Morgan fingerprint density at radius 3 is 1.85 bits per heavy atom. The monoisotopic (exact) mass is 277 g/mol. The molecule has 0 aromatic heterocycles. The van der Waals surface area contributed by atoms with E-state index in [0.29, 0.717) is 0 Å². The SMILES string of the molecule is Cc1ccc(PC(=O)c2c(C)cc(C)cc2C)cc1.[Li]. The van der Waals surface area contributed by atoms with E-state index >= 15 is 0 Å². The third-order valence-electron chi connectivity index (χ3n) is 3.21. The van der Waals surface area contributed by atoms with E-state index in [1.54, 1.807) is 0 Å². The van der Waals surface area contributed by atoms with Crippen LogP contribution in [0.5, 0.6) is 0 Å². The standard InChI is InChI=1S/C17H19OP.Li/c1-11-5-7-15(8-6-11)19-17(18)16-13(3)9-12(2)10-14(16)4;/h5-10,19H,1-4H3;. The van der Waals surface area contributed by atoms with Crippen molar-refractivity contribution in [1.29, 1.82) is 0 Å². The van der Waals surface area contributed by atoms with Crippen molar-refractivity contribution in [2.75, 3.05) is 0 Å². The summed E-state index contributed by atoms with van der Waals surface area (Å²) in [5.74, 6) is 0. The van der Waals surface area contributed by atoms with Crippen molar-refractivity contribution < 1.29 is 4.79 Å². The molecule has 3 heteroatoms. The zero-order chi connectivity index (χ0) is 14.0. The summed E-state index contributed by atoms with van der Waals surface area (Å²) in [6, 6.07) is 12.4. The van der Waals surface area contributed by atoms with Crippen molar-refractivity contribution in [2.24, 2.45) is 0 Å². The molecule has 1 atom stereocenters. The first-order valence-electron chi connectivity index (χ1n) is 6.43. The largest absolute Gasteiger partial charge is 0.289 e. The molecule has 0 aliphatic carbocycles. The number of rotatable bonds is 3. The topological polar surface area (TPSA) is 17.1 Å². The number of carbonyl (C=O) groups is 1. The van der Waals surface area contributed by atoms with Crippen LogP contribution in [0.3, 0.4) is 0 Å². The molecule has 2 aromatic carbocycles. The minimum atomic E-state index is 0. The maximum absolute atomic E-state index is 12.5. The second-order valence-electron chi connectivity index (χ2n) is 5.09.